The lowest BCUT2D eigenvalue weighted by Crippen LogP contribution is -2.43. The van der Waals surface area contributed by atoms with E-state index >= 15 is 0 Å². The standard InChI is InChI=1S/C20H29F3O3SSi/c1-5-7-10-15(6-2)13-16-14-19(18-12-9-8-11-17(16)18)28(3,4)26-27(24,25)20(21,22)23/h8-9,11-12,14-15,19H,5-7,10,13H2,1-4H3. The van der Waals surface area contributed by atoms with Crippen LogP contribution in [0.15, 0.2) is 30.3 Å². The minimum Gasteiger partial charge on any atom is -0.307 e. The van der Waals surface area contributed by atoms with Crippen molar-refractivity contribution < 1.29 is 25.5 Å². The monoisotopic (exact) mass is 434 g/mol. The van der Waals surface area contributed by atoms with E-state index in [0.29, 0.717) is 5.92 Å². The van der Waals surface area contributed by atoms with Gasteiger partial charge in [0.25, 0.3) is 0 Å². The zero-order valence-electron chi connectivity index (χ0n) is 16.8. The average molecular weight is 435 g/mol. The van der Waals surface area contributed by atoms with E-state index in [1.54, 1.807) is 0 Å². The van der Waals surface area contributed by atoms with Gasteiger partial charge in [-0.05, 0) is 42.1 Å². The van der Waals surface area contributed by atoms with Crippen molar-refractivity contribution in [1.82, 2.24) is 0 Å². The molecule has 2 rings (SSSR count). The van der Waals surface area contributed by atoms with Crippen molar-refractivity contribution in [3.8, 4) is 0 Å². The lowest BCUT2D eigenvalue weighted by Gasteiger charge is -2.28. The highest BCUT2D eigenvalue weighted by Crippen LogP contribution is 2.45. The summed E-state index contributed by atoms with van der Waals surface area (Å²) in [5, 5.41) is 0. The molecule has 0 heterocycles. The molecule has 8 heteroatoms. The van der Waals surface area contributed by atoms with Gasteiger partial charge in [-0.15, -0.1) is 0 Å². The Morgan fingerprint density at radius 2 is 1.82 bits per heavy atom. The third-order valence-corrected chi connectivity index (χ3v) is 10.6. The number of rotatable bonds is 9. The summed E-state index contributed by atoms with van der Waals surface area (Å²) in [5.41, 5.74) is -2.86. The zero-order valence-corrected chi connectivity index (χ0v) is 18.7. The van der Waals surface area contributed by atoms with Crippen LogP contribution >= 0.6 is 0 Å². The predicted molar refractivity (Wildman–Crippen MR) is 109 cm³/mol. The van der Waals surface area contributed by atoms with E-state index in [2.05, 4.69) is 13.8 Å². The Hall–Kier alpha value is -1.12. The third-order valence-electron chi connectivity index (χ3n) is 5.42. The van der Waals surface area contributed by atoms with Gasteiger partial charge in [0, 0.05) is 5.54 Å². The number of alkyl halides is 3. The molecule has 2 atom stereocenters. The van der Waals surface area contributed by atoms with Gasteiger partial charge in [-0.25, -0.2) is 0 Å². The maximum atomic E-state index is 12.9. The van der Waals surface area contributed by atoms with Crippen molar-refractivity contribution in [3.05, 3.63) is 41.5 Å². The number of allylic oxidation sites excluding steroid dienone is 2. The molecule has 158 valence electrons. The second-order valence-electron chi connectivity index (χ2n) is 7.96. The first-order chi connectivity index (χ1) is 12.9. The molecule has 0 spiro atoms. The average Bonchev–Trinajstić information content (AvgIpc) is 2.96. The highest BCUT2D eigenvalue weighted by Gasteiger charge is 2.52. The van der Waals surface area contributed by atoms with E-state index in [-0.39, 0.29) is 0 Å². The Kier molecular flexibility index (Phi) is 7.20. The number of benzene rings is 1. The Balaban J connectivity index is 2.35. The summed E-state index contributed by atoms with van der Waals surface area (Å²) in [4.78, 5) is 0. The molecule has 0 aliphatic heterocycles. The fraction of sp³-hybridized carbons (Fsp3) is 0.600. The first-order valence-electron chi connectivity index (χ1n) is 9.74. The number of halogens is 3. The van der Waals surface area contributed by atoms with Crippen LogP contribution < -0.4 is 0 Å². The van der Waals surface area contributed by atoms with Crippen molar-refractivity contribution in [2.75, 3.05) is 0 Å². The van der Waals surface area contributed by atoms with Crippen LogP contribution in [0.25, 0.3) is 5.57 Å². The van der Waals surface area contributed by atoms with Crippen LogP contribution in [0.2, 0.25) is 13.1 Å². The highest BCUT2D eigenvalue weighted by atomic mass is 32.2. The minimum absolute atomic E-state index is 0.431. The molecular weight excluding hydrogens is 405 g/mol. The maximum absolute atomic E-state index is 12.9. The lowest BCUT2D eigenvalue weighted by molar-refractivity contribution is -0.0504. The molecule has 0 saturated heterocycles. The van der Waals surface area contributed by atoms with Gasteiger partial charge in [0.05, 0.1) is 0 Å². The summed E-state index contributed by atoms with van der Waals surface area (Å²) in [6, 6.07) is 7.58. The molecule has 0 N–H and O–H groups in total. The van der Waals surface area contributed by atoms with Gasteiger partial charge in [0.2, 0.25) is 8.32 Å². The van der Waals surface area contributed by atoms with Gasteiger partial charge >= 0.3 is 15.6 Å². The largest absolute Gasteiger partial charge is 0.522 e. The summed E-state index contributed by atoms with van der Waals surface area (Å²) in [5.74, 6) is 0.502. The van der Waals surface area contributed by atoms with Crippen LogP contribution in [0.3, 0.4) is 0 Å². The fourth-order valence-corrected chi connectivity index (χ4v) is 8.49. The van der Waals surface area contributed by atoms with Gasteiger partial charge in [-0.3, -0.25) is 0 Å². The van der Waals surface area contributed by atoms with E-state index in [9.17, 15) is 21.6 Å². The number of unbranched alkanes of at least 4 members (excludes halogenated alkanes) is 1. The number of fused-ring (bicyclic) bond motifs is 1. The molecule has 0 radical (unpaired) electrons. The topological polar surface area (TPSA) is 43.4 Å². The van der Waals surface area contributed by atoms with Crippen molar-refractivity contribution in [1.29, 1.82) is 0 Å². The molecule has 0 bridgehead atoms. The molecule has 1 aliphatic rings. The molecule has 0 saturated carbocycles. The van der Waals surface area contributed by atoms with Crippen molar-refractivity contribution in [3.63, 3.8) is 0 Å². The summed E-state index contributed by atoms with van der Waals surface area (Å²) in [6.07, 6.45) is 7.21. The van der Waals surface area contributed by atoms with Crippen molar-refractivity contribution in [2.45, 2.75) is 70.1 Å². The number of hydrogen-bond acceptors (Lipinski definition) is 3. The van der Waals surface area contributed by atoms with Crippen LogP contribution in [0.1, 0.15) is 62.6 Å². The van der Waals surface area contributed by atoms with E-state index in [0.717, 1.165) is 48.8 Å². The normalized spacial score (nSPS) is 18.7. The van der Waals surface area contributed by atoms with Crippen LogP contribution in [0.5, 0.6) is 0 Å². The Morgan fingerprint density at radius 3 is 2.39 bits per heavy atom. The Bertz CT molecular complexity index is 816. The highest BCUT2D eigenvalue weighted by molar-refractivity contribution is 7.88. The van der Waals surface area contributed by atoms with Gasteiger partial charge < -0.3 is 3.87 Å². The quantitative estimate of drug-likeness (QED) is 0.334. The molecule has 0 amide bonds. The SMILES string of the molecule is CCCCC(CC)CC1=CC([Si](C)(C)OS(=O)(=O)C(F)(F)F)c2ccccc21. The summed E-state index contributed by atoms with van der Waals surface area (Å²) >= 11 is 0. The summed E-state index contributed by atoms with van der Waals surface area (Å²) in [7, 11) is -8.90. The van der Waals surface area contributed by atoms with Gasteiger partial charge in [-0.2, -0.15) is 21.6 Å². The van der Waals surface area contributed by atoms with Crippen LogP contribution in [0, 0.1) is 5.92 Å². The molecule has 1 aromatic rings. The van der Waals surface area contributed by atoms with E-state index < -0.39 is 29.5 Å². The maximum Gasteiger partial charge on any atom is 0.522 e. The Labute approximate surface area is 167 Å². The zero-order chi connectivity index (χ0) is 21.2. The first-order valence-corrected chi connectivity index (χ1v) is 14.1. The molecular formula is C20H29F3O3SSi. The molecule has 1 aliphatic carbocycles. The molecule has 3 nitrogen and oxygen atoms in total. The molecule has 0 fully saturated rings. The lowest BCUT2D eigenvalue weighted by atomic mass is 9.90. The first kappa shape index (κ1) is 23.2. The molecule has 0 aromatic heterocycles. The van der Waals surface area contributed by atoms with Crippen molar-refractivity contribution in [2.24, 2.45) is 5.92 Å². The second-order valence-corrected chi connectivity index (χ2v) is 13.8. The Morgan fingerprint density at radius 1 is 1.18 bits per heavy atom. The summed E-state index contributed by atoms with van der Waals surface area (Å²) in [6.45, 7) is 7.37. The second kappa shape index (κ2) is 8.71. The van der Waals surface area contributed by atoms with Crippen molar-refractivity contribution >= 4 is 24.0 Å². The molecule has 28 heavy (non-hydrogen) atoms. The van der Waals surface area contributed by atoms with E-state index in [4.69, 9.17) is 3.87 Å². The van der Waals surface area contributed by atoms with Crippen LogP contribution in [-0.2, 0) is 14.0 Å². The van der Waals surface area contributed by atoms with Crippen LogP contribution in [-0.4, -0.2) is 22.2 Å². The van der Waals surface area contributed by atoms with Gasteiger partial charge in [-0.1, -0.05) is 69.9 Å². The fourth-order valence-electron chi connectivity index (χ4n) is 3.83. The minimum atomic E-state index is -5.62. The van der Waals surface area contributed by atoms with Gasteiger partial charge in [0.1, 0.15) is 0 Å². The predicted octanol–water partition coefficient (Wildman–Crippen LogP) is 6.38. The van der Waals surface area contributed by atoms with E-state index in [1.165, 1.54) is 13.1 Å². The van der Waals surface area contributed by atoms with Gasteiger partial charge in [0.15, 0.2) is 0 Å². The number of hydrogen-bond donors (Lipinski definition) is 0. The van der Waals surface area contributed by atoms with E-state index in [1.807, 2.05) is 30.3 Å². The van der Waals surface area contributed by atoms with Crippen LogP contribution in [0.4, 0.5) is 13.2 Å². The third kappa shape index (κ3) is 5.07. The summed E-state index contributed by atoms with van der Waals surface area (Å²) < 4.78 is 66.6. The smallest absolute Gasteiger partial charge is 0.307 e. The molecule has 2 unspecified atom stereocenters. The molecule has 1 aromatic carbocycles.